The first-order chi connectivity index (χ1) is 9.27. The number of azide groups is 1. The first-order valence-corrected chi connectivity index (χ1v) is 5.81. The highest BCUT2D eigenvalue weighted by atomic mass is 16.5. The Hall–Kier alpha value is -2.53. The Kier molecular flexibility index (Phi) is 4.00. The SMILES string of the molecule is COC(=O)c1cccc2c1cnn2CCCN=[N+]=[N-]. The van der Waals surface area contributed by atoms with Crippen LogP contribution in [-0.4, -0.2) is 29.4 Å². The van der Waals surface area contributed by atoms with Crippen molar-refractivity contribution in [1.29, 1.82) is 0 Å². The molecule has 0 fully saturated rings. The monoisotopic (exact) mass is 259 g/mol. The summed E-state index contributed by atoms with van der Waals surface area (Å²) in [5.74, 6) is -0.376. The average molecular weight is 259 g/mol. The predicted molar refractivity (Wildman–Crippen MR) is 69.7 cm³/mol. The molecule has 0 aliphatic heterocycles. The highest BCUT2D eigenvalue weighted by Crippen LogP contribution is 2.19. The number of benzene rings is 1. The van der Waals surface area contributed by atoms with Gasteiger partial charge in [0.1, 0.15) is 0 Å². The van der Waals surface area contributed by atoms with Gasteiger partial charge in [-0.1, -0.05) is 11.2 Å². The van der Waals surface area contributed by atoms with E-state index in [9.17, 15) is 4.79 Å². The summed E-state index contributed by atoms with van der Waals surface area (Å²) in [6.07, 6.45) is 2.35. The Labute approximate surface area is 109 Å². The third-order valence-electron chi connectivity index (χ3n) is 2.78. The lowest BCUT2D eigenvalue weighted by atomic mass is 10.1. The van der Waals surface area contributed by atoms with Crippen LogP contribution in [0.5, 0.6) is 0 Å². The fourth-order valence-electron chi connectivity index (χ4n) is 1.91. The summed E-state index contributed by atoms with van der Waals surface area (Å²) in [6.45, 7) is 1.06. The minimum atomic E-state index is -0.376. The molecule has 2 rings (SSSR count). The minimum absolute atomic E-state index is 0.376. The van der Waals surface area contributed by atoms with Crippen LogP contribution >= 0.6 is 0 Å². The number of methoxy groups -OCH3 is 1. The number of hydrogen-bond donors (Lipinski definition) is 0. The number of carbonyl (C=O) groups is 1. The molecule has 0 atom stereocenters. The molecule has 0 bridgehead atoms. The summed E-state index contributed by atoms with van der Waals surface area (Å²) in [4.78, 5) is 14.3. The summed E-state index contributed by atoms with van der Waals surface area (Å²) >= 11 is 0. The van der Waals surface area contributed by atoms with Crippen molar-refractivity contribution < 1.29 is 9.53 Å². The van der Waals surface area contributed by atoms with Crippen LogP contribution in [0.15, 0.2) is 29.5 Å². The molecule has 1 aromatic carbocycles. The molecule has 98 valence electrons. The van der Waals surface area contributed by atoms with Gasteiger partial charge in [0.25, 0.3) is 0 Å². The van der Waals surface area contributed by atoms with Gasteiger partial charge in [-0.2, -0.15) is 5.10 Å². The van der Waals surface area contributed by atoms with E-state index in [1.807, 2.05) is 6.07 Å². The second-order valence-corrected chi connectivity index (χ2v) is 3.91. The molecule has 0 amide bonds. The molecule has 1 aromatic heterocycles. The van der Waals surface area contributed by atoms with E-state index in [0.29, 0.717) is 25.1 Å². The molecule has 19 heavy (non-hydrogen) atoms. The first-order valence-electron chi connectivity index (χ1n) is 5.81. The van der Waals surface area contributed by atoms with E-state index >= 15 is 0 Å². The number of rotatable bonds is 5. The third-order valence-corrected chi connectivity index (χ3v) is 2.78. The van der Waals surface area contributed by atoms with Gasteiger partial charge in [0.05, 0.1) is 24.4 Å². The van der Waals surface area contributed by atoms with Crippen molar-refractivity contribution in [1.82, 2.24) is 9.78 Å². The van der Waals surface area contributed by atoms with Crippen LogP contribution in [0.2, 0.25) is 0 Å². The fraction of sp³-hybridized carbons (Fsp3) is 0.333. The highest BCUT2D eigenvalue weighted by Gasteiger charge is 2.12. The number of ether oxygens (including phenoxy) is 1. The molecule has 0 spiro atoms. The molecule has 0 saturated heterocycles. The molecule has 0 radical (unpaired) electrons. The summed E-state index contributed by atoms with van der Waals surface area (Å²) in [5.41, 5.74) is 9.57. The number of esters is 1. The quantitative estimate of drug-likeness (QED) is 0.271. The van der Waals surface area contributed by atoms with Crippen LogP contribution in [0, 0.1) is 0 Å². The Morgan fingerprint density at radius 2 is 2.42 bits per heavy atom. The van der Waals surface area contributed by atoms with E-state index in [1.165, 1.54) is 7.11 Å². The summed E-state index contributed by atoms with van der Waals surface area (Å²) < 4.78 is 6.52. The number of hydrogen-bond acceptors (Lipinski definition) is 4. The molecule has 2 aromatic rings. The molecular formula is C12H13N5O2. The maximum Gasteiger partial charge on any atom is 0.338 e. The molecule has 0 aliphatic rings. The maximum atomic E-state index is 11.6. The zero-order valence-corrected chi connectivity index (χ0v) is 10.5. The molecule has 1 heterocycles. The Morgan fingerprint density at radius 1 is 1.58 bits per heavy atom. The van der Waals surface area contributed by atoms with Gasteiger partial charge in [0.15, 0.2) is 0 Å². The third kappa shape index (κ3) is 2.66. The molecule has 0 N–H and O–H groups in total. The maximum absolute atomic E-state index is 11.6. The van der Waals surface area contributed by atoms with Crippen LogP contribution in [0.4, 0.5) is 0 Å². The molecule has 7 heteroatoms. The molecule has 0 saturated carbocycles. The van der Waals surface area contributed by atoms with Crippen LogP contribution in [0.25, 0.3) is 21.3 Å². The summed E-state index contributed by atoms with van der Waals surface area (Å²) in [5, 5.41) is 8.48. The van der Waals surface area contributed by atoms with Gasteiger partial charge in [-0.15, -0.1) is 0 Å². The first kappa shape index (κ1) is 12.9. The zero-order valence-electron chi connectivity index (χ0n) is 10.5. The van der Waals surface area contributed by atoms with E-state index in [1.54, 1.807) is 23.0 Å². The highest BCUT2D eigenvalue weighted by molar-refractivity contribution is 6.03. The van der Waals surface area contributed by atoms with Crippen LogP contribution in [-0.2, 0) is 11.3 Å². The second-order valence-electron chi connectivity index (χ2n) is 3.91. The van der Waals surface area contributed by atoms with Gasteiger partial charge in [0, 0.05) is 23.4 Å². The van der Waals surface area contributed by atoms with Gasteiger partial charge < -0.3 is 4.74 Å². The van der Waals surface area contributed by atoms with E-state index in [0.717, 1.165) is 10.9 Å². The number of fused-ring (bicyclic) bond motifs is 1. The van der Waals surface area contributed by atoms with Crippen molar-refractivity contribution in [3.63, 3.8) is 0 Å². The van der Waals surface area contributed by atoms with Crippen molar-refractivity contribution in [3.8, 4) is 0 Å². The zero-order chi connectivity index (χ0) is 13.7. The van der Waals surface area contributed by atoms with E-state index in [-0.39, 0.29) is 5.97 Å². The van der Waals surface area contributed by atoms with Gasteiger partial charge >= 0.3 is 5.97 Å². The average Bonchev–Trinajstić information content (AvgIpc) is 2.86. The van der Waals surface area contributed by atoms with Gasteiger partial charge in [0.2, 0.25) is 0 Å². The van der Waals surface area contributed by atoms with Gasteiger partial charge in [-0.25, -0.2) is 4.79 Å². The number of carbonyl (C=O) groups excluding carboxylic acids is 1. The standard InChI is InChI=1S/C12H13N5O2/c1-19-12(18)9-4-2-5-11-10(9)8-15-17(11)7-3-6-14-16-13/h2,4-5,8H,3,6-7H2,1H3. The lowest BCUT2D eigenvalue weighted by Gasteiger charge is -2.03. The Bertz CT molecular complexity index is 643. The predicted octanol–water partition coefficient (Wildman–Crippen LogP) is 2.52. The van der Waals surface area contributed by atoms with Crippen molar-refractivity contribution in [2.45, 2.75) is 13.0 Å². The largest absolute Gasteiger partial charge is 0.465 e. The summed E-state index contributed by atoms with van der Waals surface area (Å²) in [6, 6.07) is 5.39. The van der Waals surface area contributed by atoms with Crippen LogP contribution in [0.3, 0.4) is 0 Å². The fourth-order valence-corrected chi connectivity index (χ4v) is 1.91. The molecule has 7 nitrogen and oxygen atoms in total. The van der Waals surface area contributed by atoms with Gasteiger partial charge in [-0.05, 0) is 24.1 Å². The number of nitrogens with zero attached hydrogens (tertiary/aromatic N) is 5. The normalized spacial score (nSPS) is 10.2. The van der Waals surface area contributed by atoms with Crippen molar-refractivity contribution in [2.75, 3.05) is 13.7 Å². The van der Waals surface area contributed by atoms with E-state index < -0.39 is 0 Å². The number of aromatic nitrogens is 2. The van der Waals surface area contributed by atoms with Crippen molar-refractivity contribution >= 4 is 16.9 Å². The molecule has 0 unspecified atom stereocenters. The minimum Gasteiger partial charge on any atom is -0.465 e. The Balaban J connectivity index is 2.28. The molecular weight excluding hydrogens is 246 g/mol. The molecule has 0 aliphatic carbocycles. The van der Waals surface area contributed by atoms with Crippen molar-refractivity contribution in [2.24, 2.45) is 5.11 Å². The van der Waals surface area contributed by atoms with E-state index in [2.05, 4.69) is 15.1 Å². The Morgan fingerprint density at radius 3 is 3.16 bits per heavy atom. The van der Waals surface area contributed by atoms with Crippen molar-refractivity contribution in [3.05, 3.63) is 40.4 Å². The van der Waals surface area contributed by atoms with Gasteiger partial charge in [-0.3, -0.25) is 4.68 Å². The second kappa shape index (κ2) is 5.88. The topological polar surface area (TPSA) is 92.9 Å². The summed E-state index contributed by atoms with van der Waals surface area (Å²) in [7, 11) is 1.35. The van der Waals surface area contributed by atoms with Crippen LogP contribution < -0.4 is 0 Å². The lowest BCUT2D eigenvalue weighted by molar-refractivity contribution is 0.0603. The van der Waals surface area contributed by atoms with E-state index in [4.69, 9.17) is 10.3 Å². The van der Waals surface area contributed by atoms with Crippen LogP contribution in [0.1, 0.15) is 16.8 Å². The number of aryl methyl sites for hydroxylation is 1. The smallest absolute Gasteiger partial charge is 0.338 e. The lowest BCUT2D eigenvalue weighted by Crippen LogP contribution is -2.03.